The molecule has 1 saturated heterocycles. The lowest BCUT2D eigenvalue weighted by molar-refractivity contribution is -0.129. The van der Waals surface area contributed by atoms with E-state index in [4.69, 9.17) is 15.7 Å². The quantitative estimate of drug-likeness (QED) is 0.295. The summed E-state index contributed by atoms with van der Waals surface area (Å²) in [6.07, 6.45) is 4.56. The number of nitrogens with zero attached hydrogens (tertiary/aromatic N) is 1. The van der Waals surface area contributed by atoms with Gasteiger partial charge in [0.25, 0.3) is 0 Å². The highest BCUT2D eigenvalue weighted by Gasteiger charge is 2.33. The van der Waals surface area contributed by atoms with E-state index in [0.29, 0.717) is 6.61 Å². The van der Waals surface area contributed by atoms with Crippen LogP contribution in [0.15, 0.2) is 5.16 Å². The SMILES string of the molecule is NC(=NO)C1CCCC1NC(=O)C1CCCOC1. The lowest BCUT2D eigenvalue weighted by Gasteiger charge is -2.25. The third kappa shape index (κ3) is 2.93. The molecule has 18 heavy (non-hydrogen) atoms. The highest BCUT2D eigenvalue weighted by Crippen LogP contribution is 2.26. The molecule has 1 aliphatic carbocycles. The summed E-state index contributed by atoms with van der Waals surface area (Å²) in [5.74, 6) is 0.172. The molecule has 0 spiro atoms. The molecule has 2 rings (SSSR count). The van der Waals surface area contributed by atoms with E-state index in [0.717, 1.165) is 38.7 Å². The topological polar surface area (TPSA) is 96.9 Å². The molecule has 2 aliphatic rings. The van der Waals surface area contributed by atoms with Gasteiger partial charge in [0.15, 0.2) is 0 Å². The number of nitrogens with one attached hydrogen (secondary N) is 1. The van der Waals surface area contributed by atoms with E-state index in [9.17, 15) is 4.79 Å². The minimum Gasteiger partial charge on any atom is -0.409 e. The van der Waals surface area contributed by atoms with E-state index in [2.05, 4.69) is 10.5 Å². The maximum atomic E-state index is 12.1. The highest BCUT2D eigenvalue weighted by molar-refractivity contribution is 5.85. The van der Waals surface area contributed by atoms with Gasteiger partial charge >= 0.3 is 0 Å². The zero-order valence-electron chi connectivity index (χ0n) is 10.5. The number of ether oxygens (including phenoxy) is 1. The average molecular weight is 255 g/mol. The predicted octanol–water partition coefficient (Wildman–Crippen LogP) is 0.444. The molecule has 1 heterocycles. The fourth-order valence-corrected chi connectivity index (χ4v) is 2.81. The fraction of sp³-hybridized carbons (Fsp3) is 0.833. The maximum absolute atomic E-state index is 12.1. The fourth-order valence-electron chi connectivity index (χ4n) is 2.81. The summed E-state index contributed by atoms with van der Waals surface area (Å²) in [4.78, 5) is 12.1. The van der Waals surface area contributed by atoms with Crippen molar-refractivity contribution in [1.82, 2.24) is 5.32 Å². The number of rotatable bonds is 3. The van der Waals surface area contributed by atoms with E-state index < -0.39 is 0 Å². The summed E-state index contributed by atoms with van der Waals surface area (Å²) in [7, 11) is 0. The number of hydrogen-bond acceptors (Lipinski definition) is 4. The summed E-state index contributed by atoms with van der Waals surface area (Å²) in [5.41, 5.74) is 5.65. The molecule has 0 radical (unpaired) electrons. The third-order valence-electron chi connectivity index (χ3n) is 3.87. The first-order valence-corrected chi connectivity index (χ1v) is 6.58. The molecule has 1 amide bonds. The van der Waals surface area contributed by atoms with Gasteiger partial charge in [-0.1, -0.05) is 11.6 Å². The number of carbonyl (C=O) groups is 1. The van der Waals surface area contributed by atoms with Crippen molar-refractivity contribution < 1.29 is 14.7 Å². The molecular formula is C12H21N3O3. The van der Waals surface area contributed by atoms with Gasteiger partial charge < -0.3 is 21.0 Å². The Hall–Kier alpha value is -1.30. The van der Waals surface area contributed by atoms with Crippen molar-refractivity contribution in [2.45, 2.75) is 38.1 Å². The van der Waals surface area contributed by atoms with Crippen LogP contribution in [0.25, 0.3) is 0 Å². The van der Waals surface area contributed by atoms with Crippen LogP contribution in [0.2, 0.25) is 0 Å². The first-order chi connectivity index (χ1) is 8.72. The van der Waals surface area contributed by atoms with Crippen LogP contribution >= 0.6 is 0 Å². The number of carbonyl (C=O) groups excluding carboxylic acids is 1. The van der Waals surface area contributed by atoms with Gasteiger partial charge in [0.1, 0.15) is 5.84 Å². The van der Waals surface area contributed by atoms with Crippen molar-refractivity contribution >= 4 is 11.7 Å². The summed E-state index contributed by atoms with van der Waals surface area (Å²) in [6.45, 7) is 1.26. The van der Waals surface area contributed by atoms with Crippen molar-refractivity contribution in [3.63, 3.8) is 0 Å². The van der Waals surface area contributed by atoms with Crippen LogP contribution in [0.1, 0.15) is 32.1 Å². The number of amides is 1. The Bertz CT molecular complexity index is 327. The second-order valence-corrected chi connectivity index (χ2v) is 5.09. The number of amidine groups is 1. The molecule has 102 valence electrons. The number of nitrogens with two attached hydrogens (primary N) is 1. The van der Waals surface area contributed by atoms with E-state index in [1.165, 1.54) is 0 Å². The molecule has 4 N–H and O–H groups in total. The molecule has 1 saturated carbocycles. The van der Waals surface area contributed by atoms with Crippen LogP contribution in [-0.2, 0) is 9.53 Å². The van der Waals surface area contributed by atoms with E-state index in [1.54, 1.807) is 0 Å². The summed E-state index contributed by atoms with van der Waals surface area (Å²) in [5, 5.41) is 14.8. The molecule has 0 aromatic carbocycles. The van der Waals surface area contributed by atoms with Gasteiger partial charge in [-0.15, -0.1) is 0 Å². The Balaban J connectivity index is 1.89. The first kappa shape index (κ1) is 13.1. The van der Waals surface area contributed by atoms with E-state index >= 15 is 0 Å². The molecule has 6 heteroatoms. The third-order valence-corrected chi connectivity index (χ3v) is 3.87. The molecule has 0 aromatic heterocycles. The molecule has 3 unspecified atom stereocenters. The van der Waals surface area contributed by atoms with Crippen LogP contribution in [0.3, 0.4) is 0 Å². The van der Waals surface area contributed by atoms with E-state index in [-0.39, 0.29) is 29.6 Å². The predicted molar refractivity (Wildman–Crippen MR) is 66.2 cm³/mol. The largest absolute Gasteiger partial charge is 0.409 e. The molecule has 3 atom stereocenters. The molecule has 0 bridgehead atoms. The monoisotopic (exact) mass is 255 g/mol. The minimum absolute atomic E-state index is 0.00433. The van der Waals surface area contributed by atoms with Crippen molar-refractivity contribution in [2.75, 3.05) is 13.2 Å². The zero-order valence-corrected chi connectivity index (χ0v) is 10.5. The zero-order chi connectivity index (χ0) is 13.0. The summed E-state index contributed by atoms with van der Waals surface area (Å²) >= 11 is 0. The van der Waals surface area contributed by atoms with Crippen molar-refractivity contribution in [3.8, 4) is 0 Å². The van der Waals surface area contributed by atoms with Crippen LogP contribution in [0.4, 0.5) is 0 Å². The maximum Gasteiger partial charge on any atom is 0.225 e. The Labute approximate surface area is 107 Å². The average Bonchev–Trinajstić information content (AvgIpc) is 2.87. The summed E-state index contributed by atoms with van der Waals surface area (Å²) in [6, 6.07) is -0.00433. The van der Waals surface area contributed by atoms with Crippen molar-refractivity contribution in [3.05, 3.63) is 0 Å². The second kappa shape index (κ2) is 6.04. The molecule has 0 aromatic rings. The van der Waals surface area contributed by atoms with E-state index in [1.807, 2.05) is 0 Å². The molecule has 2 fully saturated rings. The Morgan fingerprint density at radius 1 is 1.33 bits per heavy atom. The summed E-state index contributed by atoms with van der Waals surface area (Å²) < 4.78 is 5.31. The molecule has 6 nitrogen and oxygen atoms in total. The lowest BCUT2D eigenvalue weighted by atomic mass is 9.98. The number of oxime groups is 1. The number of hydrogen-bond donors (Lipinski definition) is 3. The van der Waals surface area contributed by atoms with Gasteiger partial charge in [0.2, 0.25) is 5.91 Å². The van der Waals surface area contributed by atoms with Gasteiger partial charge in [0.05, 0.1) is 12.5 Å². The van der Waals surface area contributed by atoms with Gasteiger partial charge in [-0.3, -0.25) is 4.79 Å². The van der Waals surface area contributed by atoms with Crippen molar-refractivity contribution in [2.24, 2.45) is 22.7 Å². The van der Waals surface area contributed by atoms with Crippen LogP contribution in [0.5, 0.6) is 0 Å². The standard InChI is InChI=1S/C12H21N3O3/c13-11(15-17)9-4-1-5-10(9)14-12(16)8-3-2-6-18-7-8/h8-10,17H,1-7H2,(H2,13,15)(H,14,16). The first-order valence-electron chi connectivity index (χ1n) is 6.58. The van der Waals surface area contributed by atoms with Gasteiger partial charge in [0, 0.05) is 18.6 Å². The minimum atomic E-state index is -0.0488. The van der Waals surface area contributed by atoms with Crippen LogP contribution < -0.4 is 11.1 Å². The van der Waals surface area contributed by atoms with Crippen LogP contribution in [0, 0.1) is 11.8 Å². The smallest absolute Gasteiger partial charge is 0.225 e. The Morgan fingerprint density at radius 2 is 2.17 bits per heavy atom. The molecule has 1 aliphatic heterocycles. The Morgan fingerprint density at radius 3 is 2.83 bits per heavy atom. The molecular weight excluding hydrogens is 234 g/mol. The van der Waals surface area contributed by atoms with Gasteiger partial charge in [-0.05, 0) is 25.7 Å². The van der Waals surface area contributed by atoms with Gasteiger partial charge in [-0.25, -0.2) is 0 Å². The second-order valence-electron chi connectivity index (χ2n) is 5.09. The lowest BCUT2D eigenvalue weighted by Crippen LogP contribution is -2.46. The highest BCUT2D eigenvalue weighted by atomic mass is 16.5. The van der Waals surface area contributed by atoms with Gasteiger partial charge in [-0.2, -0.15) is 0 Å². The van der Waals surface area contributed by atoms with Crippen LogP contribution in [-0.4, -0.2) is 36.2 Å². The van der Waals surface area contributed by atoms with Crippen molar-refractivity contribution in [1.29, 1.82) is 0 Å². The Kier molecular flexibility index (Phi) is 4.41. The normalized spacial score (nSPS) is 33.3.